The van der Waals surface area contributed by atoms with E-state index in [0.29, 0.717) is 5.01 Å². The third-order valence-electron chi connectivity index (χ3n) is 4.79. The highest BCUT2D eigenvalue weighted by atomic mass is 32.2. The molecule has 32 heavy (non-hydrogen) atoms. The molecule has 0 heterocycles. The Morgan fingerprint density at radius 1 is 1.19 bits per heavy atom. The van der Waals surface area contributed by atoms with Crippen LogP contribution in [-0.4, -0.2) is 61.0 Å². The first-order valence-corrected chi connectivity index (χ1v) is 11.2. The van der Waals surface area contributed by atoms with Gasteiger partial charge in [0.2, 0.25) is 0 Å². The number of methoxy groups -OCH3 is 1. The lowest BCUT2D eigenvalue weighted by Gasteiger charge is -2.38. The Morgan fingerprint density at radius 2 is 1.78 bits per heavy atom. The van der Waals surface area contributed by atoms with Crippen LogP contribution in [0.2, 0.25) is 0 Å². The number of carbonyl (C=O) groups is 3. The Bertz CT molecular complexity index is 970. The molecule has 0 saturated heterocycles. The Labute approximate surface area is 186 Å². The summed E-state index contributed by atoms with van der Waals surface area (Å²) < 4.78 is 40.7. The predicted octanol–water partition coefficient (Wildman–Crippen LogP) is 2.58. The van der Waals surface area contributed by atoms with E-state index < -0.39 is 45.5 Å². The SMILES string of the molecule is COC(=O)C1(N(NC(=O)O)C(=O)OC(C)(C)C)CCC(OS(=O)(=O)c2ccc(C)cc2)C1. The van der Waals surface area contributed by atoms with Crippen LogP contribution in [0.15, 0.2) is 29.2 Å². The molecule has 0 bridgehead atoms. The second kappa shape index (κ2) is 9.33. The Morgan fingerprint density at radius 3 is 2.28 bits per heavy atom. The van der Waals surface area contributed by atoms with Gasteiger partial charge in [-0.25, -0.2) is 19.8 Å². The maximum atomic E-state index is 12.8. The van der Waals surface area contributed by atoms with E-state index in [1.54, 1.807) is 39.8 Å². The van der Waals surface area contributed by atoms with Crippen LogP contribution in [-0.2, 0) is 28.6 Å². The van der Waals surface area contributed by atoms with Crippen LogP contribution in [0.3, 0.4) is 0 Å². The molecule has 1 aromatic carbocycles. The molecule has 0 radical (unpaired) electrons. The number of aryl methyl sites for hydroxylation is 1. The van der Waals surface area contributed by atoms with Crippen molar-refractivity contribution in [1.82, 2.24) is 10.4 Å². The monoisotopic (exact) mass is 472 g/mol. The second-order valence-electron chi connectivity index (χ2n) is 8.48. The molecule has 2 amide bonds. The van der Waals surface area contributed by atoms with Crippen molar-refractivity contribution < 1.29 is 41.6 Å². The first-order valence-electron chi connectivity index (χ1n) is 9.81. The topological polar surface area (TPSA) is 149 Å². The van der Waals surface area contributed by atoms with E-state index in [4.69, 9.17) is 13.7 Å². The van der Waals surface area contributed by atoms with Crippen molar-refractivity contribution >= 4 is 28.3 Å². The van der Waals surface area contributed by atoms with Gasteiger partial charge in [0.25, 0.3) is 10.1 Å². The fourth-order valence-corrected chi connectivity index (χ4v) is 4.51. The van der Waals surface area contributed by atoms with Crippen LogP contribution >= 0.6 is 0 Å². The molecule has 0 aromatic heterocycles. The van der Waals surface area contributed by atoms with Gasteiger partial charge in [0.1, 0.15) is 5.60 Å². The molecule has 2 unspecified atom stereocenters. The van der Waals surface area contributed by atoms with E-state index in [9.17, 15) is 27.9 Å². The van der Waals surface area contributed by atoms with Crippen LogP contribution in [0.25, 0.3) is 0 Å². The summed E-state index contributed by atoms with van der Waals surface area (Å²) in [5.41, 5.74) is -0.0938. The van der Waals surface area contributed by atoms with Crippen molar-refractivity contribution in [2.45, 2.75) is 69.1 Å². The number of rotatable bonds is 5. The summed E-state index contributed by atoms with van der Waals surface area (Å²) in [6, 6.07) is 6.02. The van der Waals surface area contributed by atoms with E-state index in [-0.39, 0.29) is 24.2 Å². The molecular formula is C20H28N2O9S. The number of hydrogen-bond donors (Lipinski definition) is 2. The lowest BCUT2D eigenvalue weighted by Crippen LogP contribution is -2.63. The second-order valence-corrected chi connectivity index (χ2v) is 10.1. The summed E-state index contributed by atoms with van der Waals surface area (Å²) in [6.45, 7) is 6.52. The Hall–Kier alpha value is -2.86. The molecule has 1 aromatic rings. The lowest BCUT2D eigenvalue weighted by molar-refractivity contribution is -0.157. The van der Waals surface area contributed by atoms with Gasteiger partial charge < -0.3 is 14.6 Å². The summed E-state index contributed by atoms with van der Waals surface area (Å²) >= 11 is 0. The van der Waals surface area contributed by atoms with Crippen molar-refractivity contribution in [3.05, 3.63) is 29.8 Å². The van der Waals surface area contributed by atoms with Crippen LogP contribution in [0.5, 0.6) is 0 Å². The average Bonchev–Trinajstić information content (AvgIpc) is 3.08. The number of nitrogens with one attached hydrogen (secondary N) is 1. The number of ether oxygens (including phenoxy) is 2. The molecule has 12 heteroatoms. The standard InChI is InChI=1S/C20H28N2O9S/c1-13-6-8-15(9-7-13)32(27,28)31-14-10-11-20(12-14,16(23)29-5)22(21-17(24)25)18(26)30-19(2,3)4/h6-9,14,21H,10-12H2,1-5H3,(H,24,25). The van der Waals surface area contributed by atoms with Gasteiger partial charge in [0.15, 0.2) is 5.54 Å². The third kappa shape index (κ3) is 5.88. The van der Waals surface area contributed by atoms with Gasteiger partial charge in [0.05, 0.1) is 18.1 Å². The summed E-state index contributed by atoms with van der Waals surface area (Å²) in [7, 11) is -3.09. The molecule has 178 valence electrons. The zero-order valence-corrected chi connectivity index (χ0v) is 19.4. The molecule has 2 rings (SSSR count). The fourth-order valence-electron chi connectivity index (χ4n) is 3.40. The zero-order valence-electron chi connectivity index (χ0n) is 18.6. The van der Waals surface area contributed by atoms with Crippen LogP contribution < -0.4 is 5.43 Å². The number of esters is 1. The molecule has 0 spiro atoms. The quantitative estimate of drug-likeness (QED) is 0.374. The van der Waals surface area contributed by atoms with E-state index >= 15 is 0 Å². The minimum absolute atomic E-state index is 0.0424. The lowest BCUT2D eigenvalue weighted by atomic mass is 9.97. The number of amides is 2. The maximum Gasteiger partial charge on any atom is 0.430 e. The van der Waals surface area contributed by atoms with Gasteiger partial charge >= 0.3 is 18.2 Å². The Kier molecular flexibility index (Phi) is 7.40. The highest BCUT2D eigenvalue weighted by molar-refractivity contribution is 7.86. The first kappa shape index (κ1) is 25.4. The van der Waals surface area contributed by atoms with Gasteiger partial charge in [-0.1, -0.05) is 17.7 Å². The summed E-state index contributed by atoms with van der Waals surface area (Å²) in [5.74, 6) is -0.934. The first-order chi connectivity index (χ1) is 14.7. The van der Waals surface area contributed by atoms with Crippen LogP contribution in [0, 0.1) is 6.92 Å². The van der Waals surface area contributed by atoms with Gasteiger partial charge in [-0.15, -0.1) is 0 Å². The molecular weight excluding hydrogens is 444 g/mol. The minimum Gasteiger partial charge on any atom is -0.467 e. The molecule has 1 aliphatic carbocycles. The normalized spacial score (nSPS) is 21.0. The number of carbonyl (C=O) groups excluding carboxylic acids is 2. The molecule has 11 nitrogen and oxygen atoms in total. The van der Waals surface area contributed by atoms with Crippen LogP contribution in [0.4, 0.5) is 9.59 Å². The fraction of sp³-hybridized carbons (Fsp3) is 0.550. The predicted molar refractivity (Wildman–Crippen MR) is 111 cm³/mol. The number of hydrazine groups is 1. The average molecular weight is 473 g/mol. The summed E-state index contributed by atoms with van der Waals surface area (Å²) in [4.78, 5) is 36.8. The molecule has 1 fully saturated rings. The number of carboxylic acid groups (broad SMARTS) is 1. The van der Waals surface area contributed by atoms with Crippen molar-refractivity contribution in [3.8, 4) is 0 Å². The number of hydrogen-bond acceptors (Lipinski definition) is 8. The third-order valence-corrected chi connectivity index (χ3v) is 6.17. The number of nitrogens with zero attached hydrogens (tertiary/aromatic N) is 1. The van der Waals surface area contributed by atoms with E-state index in [1.807, 2.05) is 5.43 Å². The number of benzene rings is 1. The Balaban J connectivity index is 2.35. The van der Waals surface area contributed by atoms with Gasteiger partial charge in [0, 0.05) is 6.42 Å². The summed E-state index contributed by atoms with van der Waals surface area (Å²) in [6.07, 6.45) is -4.16. The zero-order chi connectivity index (χ0) is 24.3. The molecule has 1 saturated carbocycles. The van der Waals surface area contributed by atoms with Crippen LogP contribution in [0.1, 0.15) is 45.6 Å². The molecule has 2 atom stereocenters. The van der Waals surface area contributed by atoms with Gasteiger partial charge in [-0.05, 0) is 52.7 Å². The van der Waals surface area contributed by atoms with Crippen molar-refractivity contribution in [1.29, 1.82) is 0 Å². The highest BCUT2D eigenvalue weighted by Gasteiger charge is 2.56. The smallest absolute Gasteiger partial charge is 0.430 e. The van der Waals surface area contributed by atoms with E-state index in [1.165, 1.54) is 12.1 Å². The van der Waals surface area contributed by atoms with E-state index in [2.05, 4.69) is 0 Å². The molecule has 1 aliphatic rings. The van der Waals surface area contributed by atoms with Crippen molar-refractivity contribution in [2.75, 3.05) is 7.11 Å². The maximum absolute atomic E-state index is 12.8. The largest absolute Gasteiger partial charge is 0.467 e. The van der Waals surface area contributed by atoms with Crippen molar-refractivity contribution in [3.63, 3.8) is 0 Å². The van der Waals surface area contributed by atoms with Gasteiger partial charge in [-0.3, -0.25) is 4.18 Å². The van der Waals surface area contributed by atoms with E-state index in [0.717, 1.165) is 12.7 Å². The molecule has 2 N–H and O–H groups in total. The van der Waals surface area contributed by atoms with Gasteiger partial charge in [-0.2, -0.15) is 13.4 Å². The minimum atomic E-state index is -4.16. The highest BCUT2D eigenvalue weighted by Crippen LogP contribution is 2.39. The molecule has 0 aliphatic heterocycles. The van der Waals surface area contributed by atoms with Crippen molar-refractivity contribution in [2.24, 2.45) is 0 Å². The summed E-state index contributed by atoms with van der Waals surface area (Å²) in [5, 5.41) is 9.78.